The van der Waals surface area contributed by atoms with Crippen molar-refractivity contribution < 1.29 is 19.0 Å². The molecule has 5 nitrogen and oxygen atoms in total. The Hall–Kier alpha value is -1.75. The third kappa shape index (κ3) is 3.87. The first-order chi connectivity index (χ1) is 9.57. The van der Waals surface area contributed by atoms with Crippen molar-refractivity contribution >= 4 is 5.97 Å². The molecule has 20 heavy (non-hydrogen) atoms. The molecule has 0 heterocycles. The molecule has 0 aliphatic carbocycles. The molecule has 1 rings (SSSR count). The van der Waals surface area contributed by atoms with Gasteiger partial charge in [-0.3, -0.25) is 9.69 Å². The Labute approximate surface area is 120 Å². The molecule has 0 spiro atoms. The fourth-order valence-corrected chi connectivity index (χ4v) is 2.16. The summed E-state index contributed by atoms with van der Waals surface area (Å²) in [4.78, 5) is 13.7. The zero-order chi connectivity index (χ0) is 15.1. The lowest BCUT2D eigenvalue weighted by atomic mass is 10.1. The van der Waals surface area contributed by atoms with Gasteiger partial charge in [0.15, 0.2) is 0 Å². The molecule has 0 aliphatic rings. The molecule has 0 amide bonds. The summed E-state index contributed by atoms with van der Waals surface area (Å²) in [6.07, 6.45) is 0.696. The van der Waals surface area contributed by atoms with Crippen molar-refractivity contribution in [1.29, 1.82) is 0 Å². The van der Waals surface area contributed by atoms with E-state index in [4.69, 9.17) is 14.2 Å². The van der Waals surface area contributed by atoms with Gasteiger partial charge in [0.05, 0.1) is 21.3 Å². The van der Waals surface area contributed by atoms with Gasteiger partial charge in [0.1, 0.15) is 17.5 Å². The Bertz CT molecular complexity index is 447. The van der Waals surface area contributed by atoms with Gasteiger partial charge in [0.2, 0.25) is 0 Å². The fraction of sp³-hybridized carbons (Fsp3) is 0.533. The predicted octanol–water partition coefficient (Wildman–Crippen LogP) is 2.09. The van der Waals surface area contributed by atoms with Crippen LogP contribution in [0.2, 0.25) is 0 Å². The quantitative estimate of drug-likeness (QED) is 0.716. The van der Waals surface area contributed by atoms with E-state index in [1.54, 1.807) is 14.2 Å². The van der Waals surface area contributed by atoms with E-state index in [1.165, 1.54) is 7.11 Å². The summed E-state index contributed by atoms with van der Waals surface area (Å²) in [6, 6.07) is 5.40. The highest BCUT2D eigenvalue weighted by Gasteiger charge is 2.22. The van der Waals surface area contributed by atoms with Gasteiger partial charge in [-0.25, -0.2) is 0 Å². The number of hydrogen-bond donors (Lipinski definition) is 0. The van der Waals surface area contributed by atoms with Crippen LogP contribution in [0.25, 0.3) is 0 Å². The Morgan fingerprint density at radius 2 is 1.95 bits per heavy atom. The minimum Gasteiger partial charge on any atom is -0.497 e. The minimum atomic E-state index is -0.258. The van der Waals surface area contributed by atoms with Crippen LogP contribution < -0.4 is 9.47 Å². The van der Waals surface area contributed by atoms with Gasteiger partial charge in [0, 0.05) is 18.2 Å². The molecule has 0 bridgehead atoms. The number of esters is 1. The number of rotatable bonds is 7. The van der Waals surface area contributed by atoms with Crippen LogP contribution in [0.15, 0.2) is 18.2 Å². The van der Waals surface area contributed by atoms with E-state index < -0.39 is 0 Å². The number of methoxy groups -OCH3 is 3. The molecule has 5 heteroatoms. The van der Waals surface area contributed by atoms with E-state index in [-0.39, 0.29) is 12.0 Å². The molecule has 0 aromatic heterocycles. The number of nitrogens with zero attached hydrogens (tertiary/aromatic N) is 1. The number of carbonyl (C=O) groups is 1. The smallest absolute Gasteiger partial charge is 0.323 e. The molecule has 1 aromatic rings. The van der Waals surface area contributed by atoms with Gasteiger partial charge in [-0.15, -0.1) is 0 Å². The van der Waals surface area contributed by atoms with E-state index in [2.05, 4.69) is 0 Å². The number of carbonyl (C=O) groups excluding carboxylic acids is 1. The Balaban J connectivity index is 2.88. The summed E-state index contributed by atoms with van der Waals surface area (Å²) in [5.41, 5.74) is 0.998. The summed E-state index contributed by atoms with van der Waals surface area (Å²) in [7, 11) is 6.54. The fourth-order valence-electron chi connectivity index (χ4n) is 2.16. The second-order valence-corrected chi connectivity index (χ2v) is 4.54. The lowest BCUT2D eigenvalue weighted by molar-refractivity contribution is -0.146. The topological polar surface area (TPSA) is 48.0 Å². The van der Waals surface area contributed by atoms with E-state index in [0.717, 1.165) is 17.1 Å². The molecule has 0 radical (unpaired) electrons. The van der Waals surface area contributed by atoms with Crippen LogP contribution in [0.5, 0.6) is 11.5 Å². The summed E-state index contributed by atoms with van der Waals surface area (Å²) < 4.78 is 15.4. The first-order valence-electron chi connectivity index (χ1n) is 6.56. The molecule has 0 unspecified atom stereocenters. The van der Waals surface area contributed by atoms with Crippen molar-refractivity contribution in [3.8, 4) is 11.5 Å². The van der Waals surface area contributed by atoms with Crippen molar-refractivity contribution in [2.45, 2.75) is 25.9 Å². The SMILES string of the molecule is CC[C@H](C(=O)OC)N(C)Cc1ccc(OC)cc1OC. The third-order valence-corrected chi connectivity index (χ3v) is 3.31. The van der Waals surface area contributed by atoms with Crippen LogP contribution in [0.3, 0.4) is 0 Å². The second kappa shape index (κ2) is 7.75. The summed E-state index contributed by atoms with van der Waals surface area (Å²) in [6.45, 7) is 2.56. The van der Waals surface area contributed by atoms with Gasteiger partial charge < -0.3 is 14.2 Å². The van der Waals surface area contributed by atoms with Crippen molar-refractivity contribution in [3.63, 3.8) is 0 Å². The zero-order valence-electron chi connectivity index (χ0n) is 12.8. The first kappa shape index (κ1) is 16.3. The van der Waals surface area contributed by atoms with Crippen molar-refractivity contribution in [3.05, 3.63) is 23.8 Å². The number of hydrogen-bond acceptors (Lipinski definition) is 5. The van der Waals surface area contributed by atoms with Gasteiger partial charge in [-0.05, 0) is 19.5 Å². The largest absolute Gasteiger partial charge is 0.497 e. The van der Waals surface area contributed by atoms with Crippen LogP contribution >= 0.6 is 0 Å². The maximum absolute atomic E-state index is 11.7. The summed E-state index contributed by atoms with van der Waals surface area (Å²) >= 11 is 0. The molecule has 1 aromatic carbocycles. The number of benzene rings is 1. The zero-order valence-corrected chi connectivity index (χ0v) is 12.8. The van der Waals surface area contributed by atoms with Crippen LogP contribution in [0.4, 0.5) is 0 Å². The predicted molar refractivity (Wildman–Crippen MR) is 77.1 cm³/mol. The molecule has 112 valence electrons. The third-order valence-electron chi connectivity index (χ3n) is 3.31. The molecule has 0 saturated carbocycles. The molecule has 1 atom stereocenters. The average molecular weight is 281 g/mol. The summed E-state index contributed by atoms with van der Waals surface area (Å²) in [5.74, 6) is 1.27. The van der Waals surface area contributed by atoms with Gasteiger partial charge in [-0.1, -0.05) is 13.0 Å². The Morgan fingerprint density at radius 1 is 1.25 bits per heavy atom. The maximum Gasteiger partial charge on any atom is 0.323 e. The van der Waals surface area contributed by atoms with Crippen LogP contribution in [0, 0.1) is 0 Å². The molecular weight excluding hydrogens is 258 g/mol. The average Bonchev–Trinajstić information content (AvgIpc) is 2.48. The van der Waals surface area contributed by atoms with Crippen LogP contribution in [-0.2, 0) is 16.1 Å². The highest BCUT2D eigenvalue weighted by Crippen LogP contribution is 2.26. The lowest BCUT2D eigenvalue weighted by Crippen LogP contribution is -2.38. The van der Waals surface area contributed by atoms with Gasteiger partial charge in [0.25, 0.3) is 0 Å². The van der Waals surface area contributed by atoms with E-state index in [9.17, 15) is 4.79 Å². The monoisotopic (exact) mass is 281 g/mol. The van der Waals surface area contributed by atoms with Crippen molar-refractivity contribution in [2.75, 3.05) is 28.4 Å². The minimum absolute atomic E-state index is 0.220. The first-order valence-corrected chi connectivity index (χ1v) is 6.56. The highest BCUT2D eigenvalue weighted by molar-refractivity contribution is 5.75. The standard InChI is InChI=1S/C15H23NO4/c1-6-13(15(17)20-5)16(2)10-11-7-8-12(18-3)9-14(11)19-4/h7-9,13H,6,10H2,1-5H3/t13-/m1/s1. The normalized spacial score (nSPS) is 12.1. The molecule has 0 aliphatic heterocycles. The van der Waals surface area contributed by atoms with Crippen LogP contribution in [-0.4, -0.2) is 45.3 Å². The van der Waals surface area contributed by atoms with E-state index in [0.29, 0.717) is 13.0 Å². The molecule has 0 N–H and O–H groups in total. The van der Waals surface area contributed by atoms with E-state index >= 15 is 0 Å². The second-order valence-electron chi connectivity index (χ2n) is 4.54. The van der Waals surface area contributed by atoms with Gasteiger partial charge >= 0.3 is 5.97 Å². The number of likely N-dealkylation sites (N-methyl/N-ethyl adjacent to an activating group) is 1. The van der Waals surface area contributed by atoms with Gasteiger partial charge in [-0.2, -0.15) is 0 Å². The van der Waals surface area contributed by atoms with Crippen molar-refractivity contribution in [2.24, 2.45) is 0 Å². The molecule has 0 saturated heterocycles. The summed E-state index contributed by atoms with van der Waals surface area (Å²) in [5, 5.41) is 0. The molecule has 0 fully saturated rings. The highest BCUT2D eigenvalue weighted by atomic mass is 16.5. The maximum atomic E-state index is 11.7. The Kier molecular flexibility index (Phi) is 6.31. The number of ether oxygens (including phenoxy) is 3. The molecular formula is C15H23NO4. The van der Waals surface area contributed by atoms with Crippen LogP contribution in [0.1, 0.15) is 18.9 Å². The van der Waals surface area contributed by atoms with Crippen molar-refractivity contribution in [1.82, 2.24) is 4.90 Å². The Morgan fingerprint density at radius 3 is 2.45 bits per heavy atom. The lowest BCUT2D eigenvalue weighted by Gasteiger charge is -2.25. The van der Waals surface area contributed by atoms with E-state index in [1.807, 2.05) is 37.1 Å².